The highest BCUT2D eigenvalue weighted by Gasteiger charge is 2.38. The molecule has 3 amide bonds. The number of benzene rings is 2. The van der Waals surface area contributed by atoms with Crippen molar-refractivity contribution in [2.24, 2.45) is 5.73 Å². The molecule has 4 atom stereocenters. The molecule has 1 fully saturated rings. The first-order valence-electron chi connectivity index (χ1n) is 13.3. The molecule has 0 aliphatic carbocycles. The van der Waals surface area contributed by atoms with Crippen molar-refractivity contribution in [3.63, 3.8) is 0 Å². The summed E-state index contributed by atoms with van der Waals surface area (Å²) in [6.07, 6.45) is 4.52. The minimum atomic E-state index is -1.07. The smallest absolute Gasteiger partial charge is 0.326 e. The number of aromatic amines is 1. The third-order valence-electron chi connectivity index (χ3n) is 6.97. The van der Waals surface area contributed by atoms with E-state index in [1.54, 1.807) is 6.20 Å². The summed E-state index contributed by atoms with van der Waals surface area (Å²) in [6.45, 7) is 0.295. The first kappa shape index (κ1) is 28.5. The maximum atomic E-state index is 13.7. The van der Waals surface area contributed by atoms with Gasteiger partial charge in [0.1, 0.15) is 18.1 Å². The zero-order chi connectivity index (χ0) is 28.5. The summed E-state index contributed by atoms with van der Waals surface area (Å²) in [7, 11) is 0. The highest BCUT2D eigenvalue weighted by molar-refractivity contribution is 5.94. The molecule has 2 aromatic carbocycles. The average molecular weight is 547 g/mol. The van der Waals surface area contributed by atoms with Gasteiger partial charge in [-0.25, -0.2) is 9.78 Å². The van der Waals surface area contributed by atoms with Gasteiger partial charge in [-0.3, -0.25) is 14.4 Å². The summed E-state index contributed by atoms with van der Waals surface area (Å²) in [5, 5.41) is 15.2. The second-order valence-electron chi connectivity index (χ2n) is 9.92. The SMILES string of the molecule is NC(Cc1cnc[nH]1)C(=O)NC(Cc1ccccc1)C(=O)NC(Cc1ccccc1)C(=O)N1CCCC1C(=O)O. The molecule has 0 bridgehead atoms. The van der Waals surface area contributed by atoms with Crippen molar-refractivity contribution in [3.8, 4) is 0 Å². The molecule has 1 aliphatic heterocycles. The van der Waals surface area contributed by atoms with Crippen LogP contribution in [0.4, 0.5) is 0 Å². The molecule has 11 nitrogen and oxygen atoms in total. The van der Waals surface area contributed by atoms with Crippen molar-refractivity contribution < 1.29 is 24.3 Å². The Morgan fingerprint density at radius 2 is 1.52 bits per heavy atom. The third kappa shape index (κ3) is 7.54. The van der Waals surface area contributed by atoms with E-state index in [4.69, 9.17) is 5.73 Å². The Labute approximate surface area is 232 Å². The summed E-state index contributed by atoms with van der Waals surface area (Å²) < 4.78 is 0. The number of amides is 3. The first-order valence-corrected chi connectivity index (χ1v) is 13.3. The van der Waals surface area contributed by atoms with E-state index < -0.39 is 47.9 Å². The van der Waals surface area contributed by atoms with Crippen molar-refractivity contribution in [3.05, 3.63) is 90.0 Å². The molecular weight excluding hydrogens is 512 g/mol. The van der Waals surface area contributed by atoms with Crippen LogP contribution in [0.5, 0.6) is 0 Å². The van der Waals surface area contributed by atoms with Gasteiger partial charge >= 0.3 is 5.97 Å². The van der Waals surface area contributed by atoms with Crippen LogP contribution in [-0.2, 0) is 38.4 Å². The minimum Gasteiger partial charge on any atom is -0.480 e. The largest absolute Gasteiger partial charge is 0.480 e. The van der Waals surface area contributed by atoms with E-state index in [2.05, 4.69) is 20.6 Å². The van der Waals surface area contributed by atoms with Gasteiger partial charge in [0.2, 0.25) is 17.7 Å². The number of H-pyrrole nitrogens is 1. The van der Waals surface area contributed by atoms with Crippen molar-refractivity contribution in [2.75, 3.05) is 6.54 Å². The molecule has 3 aromatic rings. The van der Waals surface area contributed by atoms with Crippen LogP contribution in [-0.4, -0.2) is 74.4 Å². The number of nitrogens with one attached hydrogen (secondary N) is 3. The highest BCUT2D eigenvalue weighted by Crippen LogP contribution is 2.20. The quantitative estimate of drug-likeness (QED) is 0.224. The second-order valence-corrected chi connectivity index (χ2v) is 9.92. The predicted octanol–water partition coefficient (Wildman–Crippen LogP) is 0.810. The maximum Gasteiger partial charge on any atom is 0.326 e. The summed E-state index contributed by atoms with van der Waals surface area (Å²) in [5.74, 6) is -2.63. The number of rotatable bonds is 12. The standard InChI is InChI=1S/C29H34N6O5/c30-22(16-21-17-31-18-32-21)26(36)33-23(14-19-8-3-1-4-9-19)27(37)34-24(15-20-10-5-2-6-11-20)28(38)35-13-7-12-25(35)29(39)40/h1-6,8-11,17-18,22-25H,7,12-16,30H2,(H,31,32)(H,33,36)(H,34,37)(H,39,40). The first-order chi connectivity index (χ1) is 19.3. The zero-order valence-electron chi connectivity index (χ0n) is 22.0. The number of carbonyl (C=O) groups excluding carboxylic acids is 3. The molecular formula is C29H34N6O5. The lowest BCUT2D eigenvalue weighted by Crippen LogP contribution is -2.58. The van der Waals surface area contributed by atoms with E-state index in [0.717, 1.165) is 11.1 Å². The predicted molar refractivity (Wildman–Crippen MR) is 147 cm³/mol. The lowest BCUT2D eigenvalue weighted by atomic mass is 10.0. The number of imidazole rings is 1. The van der Waals surface area contributed by atoms with Crippen LogP contribution in [0, 0.1) is 0 Å². The average Bonchev–Trinajstić information content (AvgIpc) is 3.66. The van der Waals surface area contributed by atoms with Crippen molar-refractivity contribution in [1.82, 2.24) is 25.5 Å². The highest BCUT2D eigenvalue weighted by atomic mass is 16.4. The van der Waals surface area contributed by atoms with Crippen LogP contribution in [0.1, 0.15) is 29.7 Å². The fraction of sp³-hybridized carbons (Fsp3) is 0.345. The molecule has 0 radical (unpaired) electrons. The van der Waals surface area contributed by atoms with Gasteiger partial charge in [-0.15, -0.1) is 0 Å². The van der Waals surface area contributed by atoms with Gasteiger partial charge in [0, 0.05) is 37.7 Å². The van der Waals surface area contributed by atoms with E-state index >= 15 is 0 Å². The van der Waals surface area contributed by atoms with E-state index in [1.807, 2.05) is 60.7 Å². The molecule has 4 rings (SSSR count). The molecule has 210 valence electrons. The Morgan fingerprint density at radius 1 is 0.925 bits per heavy atom. The van der Waals surface area contributed by atoms with Crippen LogP contribution >= 0.6 is 0 Å². The molecule has 40 heavy (non-hydrogen) atoms. The molecule has 1 saturated heterocycles. The summed E-state index contributed by atoms with van der Waals surface area (Å²) in [5.41, 5.74) is 8.41. The summed E-state index contributed by atoms with van der Waals surface area (Å²) >= 11 is 0. The van der Waals surface area contributed by atoms with Crippen LogP contribution in [0.15, 0.2) is 73.2 Å². The van der Waals surface area contributed by atoms with Gasteiger partial charge in [0.15, 0.2) is 0 Å². The lowest BCUT2D eigenvalue weighted by Gasteiger charge is -2.29. The Bertz CT molecular complexity index is 1280. The molecule has 0 saturated carbocycles. The van der Waals surface area contributed by atoms with Crippen molar-refractivity contribution >= 4 is 23.7 Å². The normalized spacial score (nSPS) is 17.0. The van der Waals surface area contributed by atoms with Crippen molar-refractivity contribution in [2.45, 2.75) is 56.3 Å². The van der Waals surface area contributed by atoms with Gasteiger partial charge in [-0.1, -0.05) is 60.7 Å². The van der Waals surface area contributed by atoms with E-state index in [1.165, 1.54) is 11.2 Å². The van der Waals surface area contributed by atoms with E-state index in [-0.39, 0.29) is 19.3 Å². The number of carboxylic acids is 1. The molecule has 1 aliphatic rings. The van der Waals surface area contributed by atoms with E-state index in [0.29, 0.717) is 25.1 Å². The number of aromatic nitrogens is 2. The van der Waals surface area contributed by atoms with Crippen LogP contribution in [0.2, 0.25) is 0 Å². The third-order valence-corrected chi connectivity index (χ3v) is 6.97. The number of nitrogens with two attached hydrogens (primary N) is 1. The fourth-order valence-corrected chi connectivity index (χ4v) is 4.87. The Kier molecular flexibility index (Phi) is 9.63. The topological polar surface area (TPSA) is 171 Å². The number of nitrogens with zero attached hydrogens (tertiary/aromatic N) is 2. The van der Waals surface area contributed by atoms with Gasteiger partial charge in [-0.05, 0) is 24.0 Å². The van der Waals surface area contributed by atoms with Crippen LogP contribution < -0.4 is 16.4 Å². The molecule has 6 N–H and O–H groups in total. The van der Waals surface area contributed by atoms with Crippen LogP contribution in [0.25, 0.3) is 0 Å². The number of aliphatic carboxylic acids is 1. The molecule has 4 unspecified atom stereocenters. The number of hydrogen-bond acceptors (Lipinski definition) is 6. The van der Waals surface area contributed by atoms with Crippen molar-refractivity contribution in [1.29, 1.82) is 0 Å². The lowest BCUT2D eigenvalue weighted by molar-refractivity contribution is -0.149. The fourth-order valence-electron chi connectivity index (χ4n) is 4.87. The monoisotopic (exact) mass is 546 g/mol. The Morgan fingerprint density at radius 3 is 2.10 bits per heavy atom. The number of carboxylic acid groups (broad SMARTS) is 1. The van der Waals surface area contributed by atoms with Gasteiger partial charge in [-0.2, -0.15) is 0 Å². The minimum absolute atomic E-state index is 0.166. The second kappa shape index (κ2) is 13.5. The number of hydrogen-bond donors (Lipinski definition) is 5. The van der Waals surface area contributed by atoms with Crippen LogP contribution in [0.3, 0.4) is 0 Å². The molecule has 11 heteroatoms. The number of carbonyl (C=O) groups is 4. The van der Waals surface area contributed by atoms with Gasteiger partial charge in [0.05, 0.1) is 12.4 Å². The van der Waals surface area contributed by atoms with Gasteiger partial charge in [0.25, 0.3) is 0 Å². The molecule has 0 spiro atoms. The molecule has 1 aromatic heterocycles. The summed E-state index contributed by atoms with van der Waals surface area (Å²) in [6, 6.07) is 14.4. The van der Waals surface area contributed by atoms with Gasteiger partial charge < -0.3 is 31.4 Å². The Balaban J connectivity index is 1.54. The Hall–Kier alpha value is -4.51. The van der Waals surface area contributed by atoms with E-state index in [9.17, 15) is 24.3 Å². The number of likely N-dealkylation sites (tertiary alicyclic amines) is 1. The maximum absolute atomic E-state index is 13.7. The zero-order valence-corrected chi connectivity index (χ0v) is 22.0. The molecule has 2 heterocycles. The summed E-state index contributed by atoms with van der Waals surface area (Å²) in [4.78, 5) is 60.3.